The number of rotatable bonds is 4. The Bertz CT molecular complexity index is 416. The predicted molar refractivity (Wildman–Crippen MR) is 78.5 cm³/mol. The summed E-state index contributed by atoms with van der Waals surface area (Å²) in [5.74, 6) is 0.0441. The summed E-state index contributed by atoms with van der Waals surface area (Å²) in [5.41, 5.74) is 3.05. The van der Waals surface area contributed by atoms with E-state index >= 15 is 0 Å². The van der Waals surface area contributed by atoms with Crippen molar-refractivity contribution in [1.82, 2.24) is 10.6 Å². The quantitative estimate of drug-likeness (QED) is 0.873. The van der Waals surface area contributed by atoms with Crippen molar-refractivity contribution in [3.8, 4) is 0 Å². The highest BCUT2D eigenvalue weighted by Crippen LogP contribution is 2.10. The molecule has 1 aromatic carbocycles. The lowest BCUT2D eigenvalue weighted by atomic mass is 10.0. The second-order valence-corrected chi connectivity index (χ2v) is 5.57. The zero-order chi connectivity index (χ0) is 13.7. The van der Waals surface area contributed by atoms with Crippen molar-refractivity contribution in [2.24, 2.45) is 0 Å². The number of hydrogen-bond donors (Lipinski definition) is 2. The van der Waals surface area contributed by atoms with E-state index < -0.39 is 0 Å². The smallest absolute Gasteiger partial charge is 0.251 e. The molecule has 3 heteroatoms. The molecule has 0 aromatic heterocycles. The van der Waals surface area contributed by atoms with Crippen LogP contribution in [0.2, 0.25) is 0 Å². The van der Waals surface area contributed by atoms with Crippen LogP contribution in [0, 0.1) is 13.8 Å². The maximum absolute atomic E-state index is 12.1. The molecule has 1 unspecified atom stereocenters. The van der Waals surface area contributed by atoms with Gasteiger partial charge >= 0.3 is 0 Å². The third kappa shape index (κ3) is 4.35. The summed E-state index contributed by atoms with van der Waals surface area (Å²) >= 11 is 0. The molecule has 1 heterocycles. The van der Waals surface area contributed by atoms with Crippen molar-refractivity contribution < 1.29 is 4.79 Å². The number of hydrogen-bond acceptors (Lipinski definition) is 2. The average Bonchev–Trinajstić information content (AvgIpc) is 2.38. The Balaban J connectivity index is 1.80. The van der Waals surface area contributed by atoms with Crippen molar-refractivity contribution in [3.63, 3.8) is 0 Å². The largest absolute Gasteiger partial charge is 0.352 e. The summed E-state index contributed by atoms with van der Waals surface area (Å²) in [5, 5.41) is 6.52. The topological polar surface area (TPSA) is 41.1 Å². The van der Waals surface area contributed by atoms with E-state index in [1.54, 1.807) is 0 Å². The first-order valence-electron chi connectivity index (χ1n) is 7.25. The van der Waals surface area contributed by atoms with Crippen LogP contribution >= 0.6 is 0 Å². The summed E-state index contributed by atoms with van der Waals surface area (Å²) in [6.07, 6.45) is 4.85. The molecule has 104 valence electrons. The van der Waals surface area contributed by atoms with Crippen molar-refractivity contribution in [3.05, 3.63) is 34.9 Å². The van der Waals surface area contributed by atoms with E-state index in [-0.39, 0.29) is 5.91 Å². The van der Waals surface area contributed by atoms with Gasteiger partial charge in [-0.05, 0) is 51.8 Å². The fourth-order valence-electron chi connectivity index (χ4n) is 2.74. The number of piperidine rings is 1. The van der Waals surface area contributed by atoms with E-state index in [1.165, 1.54) is 19.3 Å². The van der Waals surface area contributed by atoms with Crippen LogP contribution in [0.5, 0.6) is 0 Å². The molecule has 19 heavy (non-hydrogen) atoms. The number of carbonyl (C=O) groups is 1. The Hall–Kier alpha value is -1.35. The molecular weight excluding hydrogens is 236 g/mol. The van der Waals surface area contributed by atoms with Gasteiger partial charge in [0, 0.05) is 18.2 Å². The number of amides is 1. The fraction of sp³-hybridized carbons (Fsp3) is 0.562. The number of benzene rings is 1. The lowest BCUT2D eigenvalue weighted by Crippen LogP contribution is -2.37. The summed E-state index contributed by atoms with van der Waals surface area (Å²) in [4.78, 5) is 12.1. The Kier molecular flexibility index (Phi) is 4.97. The van der Waals surface area contributed by atoms with Crippen LogP contribution < -0.4 is 10.6 Å². The van der Waals surface area contributed by atoms with E-state index in [4.69, 9.17) is 0 Å². The highest BCUT2D eigenvalue weighted by Gasteiger charge is 2.13. The molecule has 1 fully saturated rings. The lowest BCUT2D eigenvalue weighted by Gasteiger charge is -2.23. The molecule has 3 nitrogen and oxygen atoms in total. The van der Waals surface area contributed by atoms with Gasteiger partial charge < -0.3 is 10.6 Å². The van der Waals surface area contributed by atoms with Crippen LogP contribution in [0.25, 0.3) is 0 Å². The molecule has 2 rings (SSSR count). The van der Waals surface area contributed by atoms with Gasteiger partial charge in [-0.1, -0.05) is 23.6 Å². The molecule has 1 atom stereocenters. The lowest BCUT2D eigenvalue weighted by molar-refractivity contribution is 0.0951. The van der Waals surface area contributed by atoms with Gasteiger partial charge in [0.2, 0.25) is 0 Å². The first-order valence-corrected chi connectivity index (χ1v) is 7.25. The SMILES string of the molecule is Cc1cc(C)cc(C(=O)NCCC2CCCCN2)c1. The van der Waals surface area contributed by atoms with Crippen LogP contribution in [0.3, 0.4) is 0 Å². The maximum atomic E-state index is 12.1. The van der Waals surface area contributed by atoms with Crippen LogP contribution in [0.4, 0.5) is 0 Å². The standard InChI is InChI=1S/C16H24N2O/c1-12-9-13(2)11-14(10-12)16(19)18-8-6-15-5-3-4-7-17-15/h9-11,15,17H,3-8H2,1-2H3,(H,18,19). The van der Waals surface area contributed by atoms with E-state index in [0.717, 1.165) is 36.2 Å². The number of nitrogens with one attached hydrogen (secondary N) is 2. The van der Waals surface area contributed by atoms with Crippen molar-refractivity contribution in [2.45, 2.75) is 45.6 Å². The molecule has 1 amide bonds. The molecule has 0 bridgehead atoms. The molecule has 0 spiro atoms. The normalized spacial score (nSPS) is 19.2. The van der Waals surface area contributed by atoms with Crippen molar-refractivity contribution >= 4 is 5.91 Å². The van der Waals surface area contributed by atoms with Crippen LogP contribution in [-0.4, -0.2) is 25.0 Å². The maximum Gasteiger partial charge on any atom is 0.251 e. The highest BCUT2D eigenvalue weighted by molar-refractivity contribution is 5.94. The highest BCUT2D eigenvalue weighted by atomic mass is 16.1. The van der Waals surface area contributed by atoms with Crippen molar-refractivity contribution in [2.75, 3.05) is 13.1 Å². The number of aryl methyl sites for hydroxylation is 2. The van der Waals surface area contributed by atoms with E-state index in [9.17, 15) is 4.79 Å². The molecule has 2 N–H and O–H groups in total. The summed E-state index contributed by atoms with van der Waals surface area (Å²) in [6.45, 7) is 5.92. The van der Waals surface area contributed by atoms with Crippen molar-refractivity contribution in [1.29, 1.82) is 0 Å². The fourth-order valence-corrected chi connectivity index (χ4v) is 2.74. The minimum absolute atomic E-state index is 0.0441. The van der Waals surface area contributed by atoms with Gasteiger partial charge in [-0.15, -0.1) is 0 Å². The minimum atomic E-state index is 0.0441. The first kappa shape index (κ1) is 14.1. The number of carbonyl (C=O) groups excluding carboxylic acids is 1. The third-order valence-electron chi connectivity index (χ3n) is 3.67. The summed E-state index contributed by atoms with van der Waals surface area (Å²) in [6, 6.07) is 6.55. The average molecular weight is 260 g/mol. The van der Waals surface area contributed by atoms with Gasteiger partial charge in [-0.25, -0.2) is 0 Å². The zero-order valence-electron chi connectivity index (χ0n) is 12.0. The van der Waals surface area contributed by atoms with Crippen LogP contribution in [0.15, 0.2) is 18.2 Å². The molecule has 1 saturated heterocycles. The third-order valence-corrected chi connectivity index (χ3v) is 3.67. The van der Waals surface area contributed by atoms with E-state index in [2.05, 4.69) is 16.7 Å². The van der Waals surface area contributed by atoms with Gasteiger partial charge in [-0.3, -0.25) is 4.79 Å². The Morgan fingerprint density at radius 3 is 2.63 bits per heavy atom. The molecule has 1 aliphatic rings. The van der Waals surface area contributed by atoms with E-state index in [1.807, 2.05) is 26.0 Å². The Morgan fingerprint density at radius 1 is 1.26 bits per heavy atom. The zero-order valence-corrected chi connectivity index (χ0v) is 12.0. The first-order chi connectivity index (χ1) is 9.15. The second-order valence-electron chi connectivity index (χ2n) is 5.57. The van der Waals surface area contributed by atoms with E-state index in [0.29, 0.717) is 6.04 Å². The Morgan fingerprint density at radius 2 is 2.00 bits per heavy atom. The van der Waals surface area contributed by atoms with Crippen LogP contribution in [0.1, 0.15) is 47.2 Å². The summed E-state index contributed by atoms with van der Waals surface area (Å²) < 4.78 is 0. The molecule has 0 radical (unpaired) electrons. The molecular formula is C16H24N2O. The van der Waals surface area contributed by atoms with Gasteiger partial charge in [0.25, 0.3) is 5.91 Å². The molecule has 1 aliphatic heterocycles. The van der Waals surface area contributed by atoms with Gasteiger partial charge in [-0.2, -0.15) is 0 Å². The predicted octanol–water partition coefficient (Wildman–Crippen LogP) is 2.57. The monoisotopic (exact) mass is 260 g/mol. The summed E-state index contributed by atoms with van der Waals surface area (Å²) in [7, 11) is 0. The van der Waals surface area contributed by atoms with Gasteiger partial charge in [0.15, 0.2) is 0 Å². The Labute approximate surface area is 115 Å². The van der Waals surface area contributed by atoms with Crippen LogP contribution in [-0.2, 0) is 0 Å². The second kappa shape index (κ2) is 6.71. The molecule has 0 aliphatic carbocycles. The minimum Gasteiger partial charge on any atom is -0.352 e. The van der Waals surface area contributed by atoms with Gasteiger partial charge in [0.1, 0.15) is 0 Å². The molecule has 0 saturated carbocycles. The molecule has 1 aromatic rings. The van der Waals surface area contributed by atoms with Gasteiger partial charge in [0.05, 0.1) is 0 Å².